The zero-order valence-electron chi connectivity index (χ0n) is 12.3. The summed E-state index contributed by atoms with van der Waals surface area (Å²) >= 11 is 0. The Morgan fingerprint density at radius 1 is 1.26 bits per heavy atom. The van der Waals surface area contributed by atoms with E-state index in [0.29, 0.717) is 17.7 Å². The summed E-state index contributed by atoms with van der Waals surface area (Å²) in [6.07, 6.45) is 5.12. The van der Waals surface area contributed by atoms with E-state index >= 15 is 0 Å². The summed E-state index contributed by atoms with van der Waals surface area (Å²) in [6, 6.07) is 0.212. The van der Waals surface area contributed by atoms with E-state index in [2.05, 4.69) is 11.8 Å². The second kappa shape index (κ2) is 6.71. The highest BCUT2D eigenvalue weighted by Crippen LogP contribution is 2.30. The maximum atomic E-state index is 12.5. The maximum Gasteiger partial charge on any atom is 0.225 e. The molecular formula is C15H28N2O2. The molecule has 0 bridgehead atoms. The first-order valence-corrected chi connectivity index (χ1v) is 7.63. The van der Waals surface area contributed by atoms with Gasteiger partial charge in [0.25, 0.3) is 0 Å². The fourth-order valence-corrected chi connectivity index (χ4v) is 3.67. The molecule has 1 saturated heterocycles. The lowest BCUT2D eigenvalue weighted by atomic mass is 9.79. The zero-order chi connectivity index (χ0) is 13.8. The molecular weight excluding hydrogens is 240 g/mol. The molecule has 1 aliphatic carbocycles. The minimum absolute atomic E-state index is 0.165. The van der Waals surface area contributed by atoms with Gasteiger partial charge in [0, 0.05) is 38.8 Å². The van der Waals surface area contributed by atoms with Crippen LogP contribution in [0.3, 0.4) is 0 Å². The Morgan fingerprint density at radius 3 is 2.53 bits per heavy atom. The molecule has 2 rings (SSSR count). The normalized spacial score (nSPS) is 33.4. The number of rotatable bonds is 3. The standard InChI is InChI=1S/C15H28N2O2/c1-11-7-13(9-14(16)8-11)15(18)17-5-3-12(4-6-17)10-19-2/h11-14H,3-10,16H2,1-2H3. The quantitative estimate of drug-likeness (QED) is 0.846. The van der Waals surface area contributed by atoms with Crippen molar-refractivity contribution < 1.29 is 9.53 Å². The molecule has 3 atom stereocenters. The van der Waals surface area contributed by atoms with Crippen LogP contribution in [-0.4, -0.2) is 43.7 Å². The molecule has 19 heavy (non-hydrogen) atoms. The van der Waals surface area contributed by atoms with Crippen LogP contribution in [0.25, 0.3) is 0 Å². The van der Waals surface area contributed by atoms with E-state index in [-0.39, 0.29) is 12.0 Å². The van der Waals surface area contributed by atoms with Gasteiger partial charge < -0.3 is 15.4 Å². The molecule has 2 fully saturated rings. The molecule has 0 aromatic heterocycles. The van der Waals surface area contributed by atoms with Gasteiger partial charge in [0.2, 0.25) is 5.91 Å². The second-order valence-electron chi connectivity index (χ2n) is 6.49. The van der Waals surface area contributed by atoms with Crippen LogP contribution >= 0.6 is 0 Å². The van der Waals surface area contributed by atoms with Crippen LogP contribution in [0.15, 0.2) is 0 Å². The van der Waals surface area contributed by atoms with E-state index in [1.165, 1.54) is 0 Å². The van der Waals surface area contributed by atoms with Crippen LogP contribution in [-0.2, 0) is 9.53 Å². The number of amides is 1. The summed E-state index contributed by atoms with van der Waals surface area (Å²) in [4.78, 5) is 14.6. The second-order valence-corrected chi connectivity index (χ2v) is 6.49. The molecule has 3 unspecified atom stereocenters. The fraction of sp³-hybridized carbons (Fsp3) is 0.933. The predicted molar refractivity (Wildman–Crippen MR) is 75.7 cm³/mol. The van der Waals surface area contributed by atoms with Crippen molar-refractivity contribution in [2.45, 2.75) is 45.1 Å². The van der Waals surface area contributed by atoms with Crippen LogP contribution in [0.5, 0.6) is 0 Å². The van der Waals surface area contributed by atoms with Crippen LogP contribution < -0.4 is 5.73 Å². The van der Waals surface area contributed by atoms with Gasteiger partial charge in [-0.25, -0.2) is 0 Å². The first kappa shape index (κ1) is 14.8. The Bertz CT molecular complexity index is 291. The lowest BCUT2D eigenvalue weighted by molar-refractivity contribution is -0.139. The van der Waals surface area contributed by atoms with Crippen molar-refractivity contribution in [3.8, 4) is 0 Å². The van der Waals surface area contributed by atoms with Crippen molar-refractivity contribution >= 4 is 5.91 Å². The Morgan fingerprint density at radius 2 is 1.95 bits per heavy atom. The van der Waals surface area contributed by atoms with E-state index < -0.39 is 0 Å². The number of piperidine rings is 1. The number of hydrogen-bond acceptors (Lipinski definition) is 3. The first-order valence-electron chi connectivity index (χ1n) is 7.63. The third kappa shape index (κ3) is 3.93. The molecule has 4 heteroatoms. The third-order valence-corrected chi connectivity index (χ3v) is 4.66. The fourth-order valence-electron chi connectivity index (χ4n) is 3.67. The number of nitrogens with zero attached hydrogens (tertiary/aromatic N) is 1. The van der Waals surface area contributed by atoms with Gasteiger partial charge >= 0.3 is 0 Å². The molecule has 0 aromatic carbocycles. The molecule has 2 N–H and O–H groups in total. The van der Waals surface area contributed by atoms with Gasteiger partial charge in [-0.1, -0.05) is 6.92 Å². The summed E-state index contributed by atoms with van der Waals surface area (Å²) in [7, 11) is 1.75. The number of hydrogen-bond donors (Lipinski definition) is 1. The highest BCUT2D eigenvalue weighted by molar-refractivity contribution is 5.79. The Balaban J connectivity index is 1.83. The average molecular weight is 268 g/mol. The molecule has 0 aromatic rings. The predicted octanol–water partition coefficient (Wildman–Crippen LogP) is 1.63. The number of methoxy groups -OCH3 is 1. The molecule has 0 spiro atoms. The molecule has 1 saturated carbocycles. The molecule has 1 heterocycles. The summed E-state index contributed by atoms with van der Waals surface area (Å²) in [5.41, 5.74) is 6.06. The number of ether oxygens (including phenoxy) is 1. The van der Waals surface area contributed by atoms with Gasteiger partial charge in [-0.05, 0) is 43.9 Å². The Labute approximate surface area is 116 Å². The SMILES string of the molecule is COCC1CCN(C(=O)C2CC(C)CC(N)C2)CC1. The van der Waals surface area contributed by atoms with E-state index in [4.69, 9.17) is 10.5 Å². The van der Waals surface area contributed by atoms with Crippen LogP contribution in [0.4, 0.5) is 0 Å². The van der Waals surface area contributed by atoms with Gasteiger partial charge in [-0.3, -0.25) is 4.79 Å². The lowest BCUT2D eigenvalue weighted by Gasteiger charge is -2.37. The smallest absolute Gasteiger partial charge is 0.225 e. The van der Waals surface area contributed by atoms with E-state index in [1.54, 1.807) is 7.11 Å². The zero-order valence-corrected chi connectivity index (χ0v) is 12.3. The average Bonchev–Trinajstić information content (AvgIpc) is 2.38. The van der Waals surface area contributed by atoms with Crippen molar-refractivity contribution in [3.63, 3.8) is 0 Å². The van der Waals surface area contributed by atoms with Crippen LogP contribution in [0.1, 0.15) is 39.0 Å². The van der Waals surface area contributed by atoms with Gasteiger partial charge in [-0.15, -0.1) is 0 Å². The molecule has 1 amide bonds. The molecule has 2 aliphatic rings. The monoisotopic (exact) mass is 268 g/mol. The first-order chi connectivity index (χ1) is 9.10. The van der Waals surface area contributed by atoms with Gasteiger partial charge in [-0.2, -0.15) is 0 Å². The Hall–Kier alpha value is -0.610. The number of nitrogens with two attached hydrogens (primary N) is 1. The minimum atomic E-state index is 0.165. The Kier molecular flexibility index (Phi) is 5.22. The van der Waals surface area contributed by atoms with E-state index in [9.17, 15) is 4.79 Å². The van der Waals surface area contributed by atoms with Crippen molar-refractivity contribution in [3.05, 3.63) is 0 Å². The van der Waals surface area contributed by atoms with Crippen molar-refractivity contribution in [1.29, 1.82) is 0 Å². The minimum Gasteiger partial charge on any atom is -0.384 e. The summed E-state index contributed by atoms with van der Waals surface area (Å²) < 4.78 is 5.20. The largest absolute Gasteiger partial charge is 0.384 e. The molecule has 110 valence electrons. The third-order valence-electron chi connectivity index (χ3n) is 4.66. The van der Waals surface area contributed by atoms with Crippen molar-refractivity contribution in [2.24, 2.45) is 23.5 Å². The highest BCUT2D eigenvalue weighted by atomic mass is 16.5. The highest BCUT2D eigenvalue weighted by Gasteiger charge is 2.33. The molecule has 1 aliphatic heterocycles. The molecule has 4 nitrogen and oxygen atoms in total. The van der Waals surface area contributed by atoms with E-state index in [1.807, 2.05) is 0 Å². The maximum absolute atomic E-state index is 12.5. The lowest BCUT2D eigenvalue weighted by Crippen LogP contribution is -2.45. The topological polar surface area (TPSA) is 55.6 Å². The number of likely N-dealkylation sites (tertiary alicyclic amines) is 1. The van der Waals surface area contributed by atoms with Crippen molar-refractivity contribution in [2.75, 3.05) is 26.8 Å². The summed E-state index contributed by atoms with van der Waals surface area (Å²) in [6.45, 7) is 4.83. The van der Waals surface area contributed by atoms with Crippen molar-refractivity contribution in [1.82, 2.24) is 4.90 Å². The number of carbonyl (C=O) groups is 1. The van der Waals surface area contributed by atoms with E-state index in [0.717, 1.165) is 51.8 Å². The molecule has 0 radical (unpaired) electrons. The van der Waals surface area contributed by atoms with Gasteiger partial charge in [0.15, 0.2) is 0 Å². The van der Waals surface area contributed by atoms with Gasteiger partial charge in [0.05, 0.1) is 0 Å². The van der Waals surface area contributed by atoms with Crippen LogP contribution in [0, 0.1) is 17.8 Å². The van der Waals surface area contributed by atoms with Gasteiger partial charge in [0.1, 0.15) is 0 Å². The van der Waals surface area contributed by atoms with Crippen LogP contribution in [0.2, 0.25) is 0 Å². The summed E-state index contributed by atoms with van der Waals surface area (Å²) in [5, 5.41) is 0. The number of carbonyl (C=O) groups excluding carboxylic acids is 1. The summed E-state index contributed by atoms with van der Waals surface area (Å²) in [5.74, 6) is 1.72.